The lowest BCUT2D eigenvalue weighted by atomic mass is 9.77. The number of thiophene rings is 1. The van der Waals surface area contributed by atoms with Crippen molar-refractivity contribution < 1.29 is 9.59 Å². The molecule has 4 nitrogen and oxygen atoms in total. The minimum absolute atomic E-state index is 0.0762. The second-order valence-electron chi connectivity index (χ2n) is 6.60. The Morgan fingerprint density at radius 3 is 2.54 bits per heavy atom. The normalized spacial score (nSPS) is 19.5. The van der Waals surface area contributed by atoms with Crippen LogP contribution < -0.4 is 5.32 Å². The van der Waals surface area contributed by atoms with Gasteiger partial charge in [-0.1, -0.05) is 24.3 Å². The minimum atomic E-state index is -0.232. The number of benzene rings is 1. The Kier molecular flexibility index (Phi) is 3.88. The van der Waals surface area contributed by atoms with E-state index in [4.69, 9.17) is 0 Å². The number of rotatable bonds is 2. The van der Waals surface area contributed by atoms with E-state index in [0.717, 1.165) is 41.8 Å². The van der Waals surface area contributed by atoms with E-state index in [1.54, 1.807) is 11.3 Å². The van der Waals surface area contributed by atoms with Crippen LogP contribution in [0, 0.1) is 5.41 Å². The molecule has 1 N–H and O–H groups in total. The van der Waals surface area contributed by atoms with Gasteiger partial charge in [-0.05, 0) is 36.8 Å². The lowest BCUT2D eigenvalue weighted by Gasteiger charge is -2.37. The Morgan fingerprint density at radius 1 is 1.08 bits per heavy atom. The van der Waals surface area contributed by atoms with Crippen LogP contribution in [-0.2, 0) is 4.79 Å². The standard InChI is InChI=1S/C19H20N2O2S/c22-17(15-5-2-1-4-14(15)16-6-3-13-24-16)21-11-8-19(9-12-21)7-10-20-18(19)23/h1-6,13H,7-12H2,(H,20,23). The zero-order chi connectivity index (χ0) is 16.6. The van der Waals surface area contributed by atoms with Gasteiger partial charge < -0.3 is 10.2 Å². The number of hydrogen-bond acceptors (Lipinski definition) is 3. The number of amides is 2. The molecule has 3 heterocycles. The van der Waals surface area contributed by atoms with Crippen molar-refractivity contribution in [3.63, 3.8) is 0 Å². The second kappa shape index (κ2) is 6.06. The van der Waals surface area contributed by atoms with Crippen molar-refractivity contribution in [2.45, 2.75) is 19.3 Å². The van der Waals surface area contributed by atoms with Crippen molar-refractivity contribution in [3.8, 4) is 10.4 Å². The number of piperidine rings is 1. The summed E-state index contributed by atoms with van der Waals surface area (Å²) in [4.78, 5) is 28.1. The molecule has 1 spiro atoms. The number of carbonyl (C=O) groups excluding carboxylic acids is 2. The third-order valence-corrected chi connectivity index (χ3v) is 6.23. The highest BCUT2D eigenvalue weighted by molar-refractivity contribution is 7.13. The van der Waals surface area contributed by atoms with Gasteiger partial charge in [-0.25, -0.2) is 0 Å². The quantitative estimate of drug-likeness (QED) is 0.913. The van der Waals surface area contributed by atoms with Gasteiger partial charge in [0.15, 0.2) is 0 Å². The molecule has 5 heteroatoms. The fourth-order valence-electron chi connectivity index (χ4n) is 3.82. The monoisotopic (exact) mass is 340 g/mol. The van der Waals surface area contributed by atoms with Gasteiger partial charge in [-0.15, -0.1) is 11.3 Å². The van der Waals surface area contributed by atoms with Crippen molar-refractivity contribution in [2.75, 3.05) is 19.6 Å². The number of nitrogens with one attached hydrogen (secondary N) is 1. The molecular weight excluding hydrogens is 320 g/mol. The first kappa shape index (κ1) is 15.4. The third-order valence-electron chi connectivity index (χ3n) is 5.32. The highest BCUT2D eigenvalue weighted by Gasteiger charge is 2.45. The van der Waals surface area contributed by atoms with Crippen LogP contribution in [0.15, 0.2) is 41.8 Å². The molecule has 2 amide bonds. The van der Waals surface area contributed by atoms with Crippen LogP contribution in [0.4, 0.5) is 0 Å². The topological polar surface area (TPSA) is 49.4 Å². The molecule has 124 valence electrons. The van der Waals surface area contributed by atoms with Crippen LogP contribution >= 0.6 is 11.3 Å². The summed E-state index contributed by atoms with van der Waals surface area (Å²) < 4.78 is 0. The number of nitrogens with zero attached hydrogens (tertiary/aromatic N) is 1. The SMILES string of the molecule is O=C(c1ccccc1-c1cccs1)N1CCC2(CCNC2=O)CC1. The number of carbonyl (C=O) groups is 2. The first-order valence-electron chi connectivity index (χ1n) is 8.40. The fourth-order valence-corrected chi connectivity index (χ4v) is 4.58. The molecule has 1 aromatic heterocycles. The Labute approximate surface area is 145 Å². The Hall–Kier alpha value is -2.14. The molecule has 1 aromatic carbocycles. The maximum Gasteiger partial charge on any atom is 0.254 e. The van der Waals surface area contributed by atoms with Crippen molar-refractivity contribution in [2.24, 2.45) is 5.41 Å². The molecule has 0 bridgehead atoms. The zero-order valence-corrected chi connectivity index (χ0v) is 14.3. The van der Waals surface area contributed by atoms with Gasteiger partial charge in [0.1, 0.15) is 0 Å². The first-order valence-corrected chi connectivity index (χ1v) is 9.28. The molecule has 2 saturated heterocycles. The molecule has 0 radical (unpaired) electrons. The largest absolute Gasteiger partial charge is 0.356 e. The average molecular weight is 340 g/mol. The van der Waals surface area contributed by atoms with Crippen LogP contribution in [0.1, 0.15) is 29.6 Å². The molecule has 24 heavy (non-hydrogen) atoms. The van der Waals surface area contributed by atoms with Crippen LogP contribution in [0.3, 0.4) is 0 Å². The number of likely N-dealkylation sites (tertiary alicyclic amines) is 1. The van der Waals surface area contributed by atoms with Gasteiger partial charge in [-0.2, -0.15) is 0 Å². The Morgan fingerprint density at radius 2 is 1.88 bits per heavy atom. The summed E-state index contributed by atoms with van der Waals surface area (Å²) in [6.07, 6.45) is 2.44. The molecule has 0 aliphatic carbocycles. The average Bonchev–Trinajstić information content (AvgIpc) is 3.26. The van der Waals surface area contributed by atoms with E-state index in [1.807, 2.05) is 46.7 Å². The van der Waals surface area contributed by atoms with Gasteiger partial charge in [0, 0.05) is 35.6 Å². The molecule has 2 aliphatic heterocycles. The van der Waals surface area contributed by atoms with E-state index in [0.29, 0.717) is 13.1 Å². The summed E-state index contributed by atoms with van der Waals surface area (Å²) in [7, 11) is 0. The molecule has 0 saturated carbocycles. The summed E-state index contributed by atoms with van der Waals surface area (Å²) in [5.41, 5.74) is 1.52. The minimum Gasteiger partial charge on any atom is -0.356 e. The molecule has 0 unspecified atom stereocenters. The lowest BCUT2D eigenvalue weighted by Crippen LogP contribution is -2.46. The molecule has 2 fully saturated rings. The summed E-state index contributed by atoms with van der Waals surface area (Å²) in [6, 6.07) is 11.9. The predicted octanol–water partition coefficient (Wildman–Crippen LogP) is 3.16. The van der Waals surface area contributed by atoms with Crippen molar-refractivity contribution in [1.29, 1.82) is 0 Å². The van der Waals surface area contributed by atoms with Crippen molar-refractivity contribution >= 4 is 23.2 Å². The van der Waals surface area contributed by atoms with E-state index in [1.165, 1.54) is 0 Å². The predicted molar refractivity (Wildman–Crippen MR) is 95.0 cm³/mol. The van der Waals surface area contributed by atoms with Gasteiger partial charge in [0.05, 0.1) is 5.41 Å². The third kappa shape index (κ3) is 2.53. The van der Waals surface area contributed by atoms with E-state index < -0.39 is 0 Å². The fraction of sp³-hybridized carbons (Fsp3) is 0.368. The Bertz CT molecular complexity index is 761. The number of hydrogen-bond donors (Lipinski definition) is 1. The summed E-state index contributed by atoms with van der Waals surface area (Å²) in [5, 5.41) is 4.97. The maximum atomic E-state index is 13.0. The highest BCUT2D eigenvalue weighted by atomic mass is 32.1. The first-order chi connectivity index (χ1) is 11.7. The van der Waals surface area contributed by atoms with Gasteiger partial charge in [0.25, 0.3) is 5.91 Å². The summed E-state index contributed by atoms with van der Waals surface area (Å²) in [5.74, 6) is 0.251. The van der Waals surface area contributed by atoms with E-state index >= 15 is 0 Å². The highest BCUT2D eigenvalue weighted by Crippen LogP contribution is 2.38. The van der Waals surface area contributed by atoms with E-state index in [9.17, 15) is 9.59 Å². The van der Waals surface area contributed by atoms with Crippen LogP contribution in [0.5, 0.6) is 0 Å². The zero-order valence-electron chi connectivity index (χ0n) is 13.5. The summed E-state index contributed by atoms with van der Waals surface area (Å²) in [6.45, 7) is 2.09. The lowest BCUT2D eigenvalue weighted by molar-refractivity contribution is -0.129. The molecule has 2 aromatic rings. The second-order valence-corrected chi connectivity index (χ2v) is 7.55. The Balaban J connectivity index is 1.55. The van der Waals surface area contributed by atoms with Crippen LogP contribution in [0.25, 0.3) is 10.4 Å². The van der Waals surface area contributed by atoms with E-state index in [2.05, 4.69) is 5.32 Å². The molecule has 0 atom stereocenters. The summed E-state index contributed by atoms with van der Waals surface area (Å²) >= 11 is 1.65. The molecule has 4 rings (SSSR count). The van der Waals surface area contributed by atoms with Gasteiger partial charge in [-0.3, -0.25) is 9.59 Å². The van der Waals surface area contributed by atoms with Gasteiger partial charge in [0.2, 0.25) is 5.91 Å². The smallest absolute Gasteiger partial charge is 0.254 e. The van der Waals surface area contributed by atoms with Crippen LogP contribution in [-0.4, -0.2) is 36.3 Å². The van der Waals surface area contributed by atoms with Crippen LogP contribution in [0.2, 0.25) is 0 Å². The van der Waals surface area contributed by atoms with Crippen molar-refractivity contribution in [3.05, 3.63) is 47.3 Å². The van der Waals surface area contributed by atoms with Crippen molar-refractivity contribution in [1.82, 2.24) is 10.2 Å². The molecule has 2 aliphatic rings. The van der Waals surface area contributed by atoms with Gasteiger partial charge >= 0.3 is 0 Å². The van der Waals surface area contributed by atoms with E-state index in [-0.39, 0.29) is 17.2 Å². The maximum absolute atomic E-state index is 13.0. The molecular formula is C19H20N2O2S.